The van der Waals surface area contributed by atoms with E-state index in [2.05, 4.69) is 5.32 Å². The molecule has 2 aliphatic rings. The molecule has 2 atom stereocenters. The summed E-state index contributed by atoms with van der Waals surface area (Å²) in [5.74, 6) is -0.682. The quantitative estimate of drug-likeness (QED) is 0.887. The zero-order valence-corrected chi connectivity index (χ0v) is 13.4. The number of urea groups is 1. The van der Waals surface area contributed by atoms with E-state index in [-0.39, 0.29) is 11.9 Å². The normalized spacial score (nSPS) is 25.7. The standard InChI is InChI=1S/C19H20N2O3/c22-17(23)19-10-4-7-14(19)11-21(12-19)18(24)20-16-9-3-6-13-5-1-2-8-15(13)16/h1-3,5-6,8-9,14H,4,7,10-12H2,(H,20,24)(H,22,23)/t14-,19+/m0/s1. The van der Waals surface area contributed by atoms with Crippen LogP contribution in [0.1, 0.15) is 19.3 Å². The average Bonchev–Trinajstić information content (AvgIpc) is 3.13. The van der Waals surface area contributed by atoms with Crippen molar-refractivity contribution >= 4 is 28.5 Å². The maximum absolute atomic E-state index is 12.7. The predicted octanol–water partition coefficient (Wildman–Crippen LogP) is 3.56. The van der Waals surface area contributed by atoms with Crippen molar-refractivity contribution in [3.8, 4) is 0 Å². The van der Waals surface area contributed by atoms with Crippen LogP contribution in [0.3, 0.4) is 0 Å². The third-order valence-electron chi connectivity index (χ3n) is 5.62. The maximum Gasteiger partial charge on any atom is 0.321 e. The Hall–Kier alpha value is -2.56. The van der Waals surface area contributed by atoms with Gasteiger partial charge in [0.2, 0.25) is 0 Å². The van der Waals surface area contributed by atoms with Crippen molar-refractivity contribution in [2.24, 2.45) is 11.3 Å². The number of aliphatic carboxylic acids is 1. The van der Waals surface area contributed by atoms with Crippen LogP contribution in [0.2, 0.25) is 0 Å². The second-order valence-corrected chi connectivity index (χ2v) is 6.89. The Morgan fingerprint density at radius 2 is 1.96 bits per heavy atom. The van der Waals surface area contributed by atoms with Gasteiger partial charge in [-0.05, 0) is 30.2 Å². The number of fused-ring (bicyclic) bond motifs is 2. The van der Waals surface area contributed by atoms with E-state index < -0.39 is 11.4 Å². The van der Waals surface area contributed by atoms with Crippen LogP contribution in [-0.4, -0.2) is 35.1 Å². The van der Waals surface area contributed by atoms with Gasteiger partial charge in [0.15, 0.2) is 0 Å². The summed E-state index contributed by atoms with van der Waals surface area (Å²) < 4.78 is 0. The van der Waals surface area contributed by atoms with E-state index >= 15 is 0 Å². The number of carbonyl (C=O) groups is 2. The van der Waals surface area contributed by atoms with E-state index in [9.17, 15) is 14.7 Å². The number of benzene rings is 2. The summed E-state index contributed by atoms with van der Waals surface area (Å²) in [6.45, 7) is 0.840. The molecule has 1 aliphatic carbocycles. The highest BCUT2D eigenvalue weighted by molar-refractivity contribution is 6.01. The Kier molecular flexibility index (Phi) is 3.44. The van der Waals surface area contributed by atoms with E-state index in [0.717, 1.165) is 29.3 Å². The van der Waals surface area contributed by atoms with Crippen LogP contribution in [0.15, 0.2) is 42.5 Å². The van der Waals surface area contributed by atoms with Crippen LogP contribution >= 0.6 is 0 Å². The van der Waals surface area contributed by atoms with Crippen LogP contribution in [-0.2, 0) is 4.79 Å². The third-order valence-corrected chi connectivity index (χ3v) is 5.62. The molecule has 0 unspecified atom stereocenters. The molecule has 1 aliphatic heterocycles. The van der Waals surface area contributed by atoms with Crippen LogP contribution in [0.25, 0.3) is 10.8 Å². The minimum atomic E-state index is -0.759. The molecule has 24 heavy (non-hydrogen) atoms. The van der Waals surface area contributed by atoms with Crippen molar-refractivity contribution in [2.45, 2.75) is 19.3 Å². The smallest absolute Gasteiger partial charge is 0.321 e. The van der Waals surface area contributed by atoms with Crippen molar-refractivity contribution in [3.05, 3.63) is 42.5 Å². The molecule has 4 rings (SSSR count). The molecule has 2 aromatic carbocycles. The van der Waals surface area contributed by atoms with Crippen molar-refractivity contribution in [1.29, 1.82) is 0 Å². The van der Waals surface area contributed by atoms with Gasteiger partial charge >= 0.3 is 12.0 Å². The fraction of sp³-hybridized carbons (Fsp3) is 0.368. The minimum Gasteiger partial charge on any atom is -0.481 e. The lowest BCUT2D eigenvalue weighted by molar-refractivity contribution is -0.149. The molecule has 0 radical (unpaired) electrons. The van der Waals surface area contributed by atoms with Crippen LogP contribution in [0, 0.1) is 11.3 Å². The number of anilines is 1. The number of amides is 2. The zero-order chi connectivity index (χ0) is 16.7. The van der Waals surface area contributed by atoms with Gasteiger partial charge in [-0.15, -0.1) is 0 Å². The third kappa shape index (κ3) is 2.23. The number of hydrogen-bond donors (Lipinski definition) is 2. The molecule has 1 heterocycles. The maximum atomic E-state index is 12.7. The SMILES string of the molecule is O=C(Nc1cccc2ccccc12)N1C[C@@H]2CCC[C@@]2(C(=O)O)C1. The highest BCUT2D eigenvalue weighted by atomic mass is 16.4. The zero-order valence-electron chi connectivity index (χ0n) is 13.4. The molecule has 5 heteroatoms. The first-order chi connectivity index (χ1) is 11.6. The summed E-state index contributed by atoms with van der Waals surface area (Å²) in [5.41, 5.74) is 0.0235. The van der Waals surface area contributed by atoms with Gasteiger partial charge in [0.05, 0.1) is 11.1 Å². The lowest BCUT2D eigenvalue weighted by atomic mass is 9.81. The lowest BCUT2D eigenvalue weighted by Crippen LogP contribution is -2.38. The predicted molar refractivity (Wildman–Crippen MR) is 91.9 cm³/mol. The Bertz CT molecular complexity index is 814. The van der Waals surface area contributed by atoms with Gasteiger partial charge in [0.25, 0.3) is 0 Å². The number of rotatable bonds is 2. The number of likely N-dealkylation sites (tertiary alicyclic amines) is 1. The minimum absolute atomic E-state index is 0.0771. The van der Waals surface area contributed by atoms with Gasteiger partial charge in [0.1, 0.15) is 0 Å². The molecule has 0 aromatic heterocycles. The first-order valence-electron chi connectivity index (χ1n) is 8.37. The number of carboxylic acid groups (broad SMARTS) is 1. The van der Waals surface area contributed by atoms with Gasteiger partial charge in [0, 0.05) is 18.5 Å². The van der Waals surface area contributed by atoms with Crippen molar-refractivity contribution in [2.75, 3.05) is 18.4 Å². The molecule has 1 saturated heterocycles. The first kappa shape index (κ1) is 15.0. The topological polar surface area (TPSA) is 69.6 Å². The second kappa shape index (κ2) is 5.51. The molecule has 2 aromatic rings. The summed E-state index contributed by atoms with van der Waals surface area (Å²) in [7, 11) is 0. The summed E-state index contributed by atoms with van der Waals surface area (Å²) >= 11 is 0. The van der Waals surface area contributed by atoms with E-state index in [0.29, 0.717) is 19.5 Å². The molecular formula is C19H20N2O3. The van der Waals surface area contributed by atoms with Gasteiger partial charge in [-0.2, -0.15) is 0 Å². The van der Waals surface area contributed by atoms with Gasteiger partial charge < -0.3 is 15.3 Å². The average molecular weight is 324 g/mol. The number of nitrogens with one attached hydrogen (secondary N) is 1. The van der Waals surface area contributed by atoms with Crippen LogP contribution < -0.4 is 5.32 Å². The number of carboxylic acids is 1. The van der Waals surface area contributed by atoms with Crippen LogP contribution in [0.5, 0.6) is 0 Å². The van der Waals surface area contributed by atoms with Crippen LogP contribution in [0.4, 0.5) is 10.5 Å². The molecule has 124 valence electrons. The highest BCUT2D eigenvalue weighted by Crippen LogP contribution is 2.49. The summed E-state index contributed by atoms with van der Waals surface area (Å²) in [4.78, 5) is 26.1. The Morgan fingerprint density at radius 1 is 1.17 bits per heavy atom. The summed E-state index contributed by atoms with van der Waals surface area (Å²) in [5, 5.41) is 14.7. The largest absolute Gasteiger partial charge is 0.481 e. The van der Waals surface area contributed by atoms with E-state index in [1.165, 1.54) is 0 Å². The number of hydrogen-bond acceptors (Lipinski definition) is 2. The number of nitrogens with zero attached hydrogens (tertiary/aromatic N) is 1. The Labute approximate surface area is 140 Å². The van der Waals surface area contributed by atoms with E-state index in [1.54, 1.807) is 4.90 Å². The number of carbonyl (C=O) groups excluding carboxylic acids is 1. The summed E-state index contributed by atoms with van der Waals surface area (Å²) in [6, 6.07) is 13.5. The molecule has 2 N–H and O–H groups in total. The van der Waals surface area contributed by atoms with E-state index in [4.69, 9.17) is 0 Å². The van der Waals surface area contributed by atoms with Gasteiger partial charge in [-0.1, -0.05) is 42.8 Å². The molecular weight excluding hydrogens is 304 g/mol. The molecule has 2 amide bonds. The second-order valence-electron chi connectivity index (χ2n) is 6.89. The van der Waals surface area contributed by atoms with Gasteiger partial charge in [-0.25, -0.2) is 4.79 Å². The molecule has 0 spiro atoms. The van der Waals surface area contributed by atoms with Crippen molar-refractivity contribution in [3.63, 3.8) is 0 Å². The lowest BCUT2D eigenvalue weighted by Gasteiger charge is -2.23. The van der Waals surface area contributed by atoms with E-state index in [1.807, 2.05) is 42.5 Å². The summed E-state index contributed by atoms with van der Waals surface area (Å²) in [6.07, 6.45) is 2.51. The molecule has 1 saturated carbocycles. The molecule has 5 nitrogen and oxygen atoms in total. The molecule has 0 bridgehead atoms. The Morgan fingerprint density at radius 3 is 2.75 bits per heavy atom. The monoisotopic (exact) mass is 324 g/mol. The molecule has 2 fully saturated rings. The van der Waals surface area contributed by atoms with Gasteiger partial charge in [-0.3, -0.25) is 4.79 Å². The fourth-order valence-corrected chi connectivity index (χ4v) is 4.32. The van der Waals surface area contributed by atoms with Crippen molar-refractivity contribution < 1.29 is 14.7 Å². The fourth-order valence-electron chi connectivity index (χ4n) is 4.32. The highest BCUT2D eigenvalue weighted by Gasteiger charge is 2.55. The Balaban J connectivity index is 1.56. The first-order valence-corrected chi connectivity index (χ1v) is 8.37. The van der Waals surface area contributed by atoms with Crippen molar-refractivity contribution in [1.82, 2.24) is 4.90 Å².